The highest BCUT2D eigenvalue weighted by molar-refractivity contribution is 5.97. The number of nitrogen functional groups attached to an aromatic ring is 1. The first kappa shape index (κ1) is 19.5. The summed E-state index contributed by atoms with van der Waals surface area (Å²) in [7, 11) is 0. The number of pyridine rings is 1. The van der Waals surface area contributed by atoms with E-state index in [9.17, 15) is 4.79 Å². The minimum Gasteiger partial charge on any atom is -0.489 e. The molecule has 6 nitrogen and oxygen atoms in total. The third-order valence-corrected chi connectivity index (χ3v) is 4.34. The van der Waals surface area contributed by atoms with Gasteiger partial charge in [-0.15, -0.1) is 0 Å². The molecule has 0 aliphatic rings. The fourth-order valence-corrected chi connectivity index (χ4v) is 3.05. The summed E-state index contributed by atoms with van der Waals surface area (Å²) in [6.07, 6.45) is 1.64. The van der Waals surface area contributed by atoms with Crippen LogP contribution in [0, 0.1) is 0 Å². The largest absolute Gasteiger partial charge is 0.489 e. The lowest BCUT2D eigenvalue weighted by molar-refractivity contribution is -0.120. The predicted octanol–water partition coefficient (Wildman–Crippen LogP) is 3.72. The summed E-state index contributed by atoms with van der Waals surface area (Å²) >= 11 is 0. The van der Waals surface area contributed by atoms with Crippen molar-refractivity contribution in [1.29, 1.82) is 0 Å². The summed E-state index contributed by atoms with van der Waals surface area (Å²) in [6, 6.07) is 15.8. The lowest BCUT2D eigenvalue weighted by Crippen LogP contribution is -2.47. The molecule has 0 bridgehead atoms. The molecule has 0 fully saturated rings. The molecule has 1 aromatic heterocycles. The van der Waals surface area contributed by atoms with Gasteiger partial charge in [-0.2, -0.15) is 0 Å². The molecule has 0 spiro atoms. The number of carbonyl (C=O) groups excluding carboxylic acids is 1. The number of anilines is 2. The molecule has 0 saturated heterocycles. The second-order valence-electron chi connectivity index (χ2n) is 7.46. The molecule has 4 N–H and O–H groups in total. The summed E-state index contributed by atoms with van der Waals surface area (Å²) in [5, 5.41) is 7.19. The molecular weight excluding hydrogens is 352 g/mol. The summed E-state index contributed by atoms with van der Waals surface area (Å²) in [5.74, 6) is 0.678. The van der Waals surface area contributed by atoms with E-state index in [4.69, 9.17) is 10.5 Å². The third-order valence-electron chi connectivity index (χ3n) is 4.34. The Morgan fingerprint density at radius 3 is 2.64 bits per heavy atom. The van der Waals surface area contributed by atoms with Gasteiger partial charge in [0.2, 0.25) is 5.91 Å². The third kappa shape index (κ3) is 4.91. The van der Waals surface area contributed by atoms with Crippen molar-refractivity contribution in [3.8, 4) is 5.75 Å². The first-order chi connectivity index (χ1) is 13.3. The van der Waals surface area contributed by atoms with Crippen LogP contribution in [-0.4, -0.2) is 23.0 Å². The number of hydrogen-bond acceptors (Lipinski definition) is 5. The van der Waals surface area contributed by atoms with Gasteiger partial charge in [0.15, 0.2) is 0 Å². The molecule has 0 atom stereocenters. The number of amides is 1. The second kappa shape index (κ2) is 8.17. The monoisotopic (exact) mass is 378 g/mol. The van der Waals surface area contributed by atoms with Crippen LogP contribution in [0.25, 0.3) is 10.9 Å². The van der Waals surface area contributed by atoms with E-state index in [1.54, 1.807) is 6.20 Å². The van der Waals surface area contributed by atoms with Gasteiger partial charge in [0.25, 0.3) is 0 Å². The lowest BCUT2D eigenvalue weighted by Gasteiger charge is -2.27. The summed E-state index contributed by atoms with van der Waals surface area (Å²) in [4.78, 5) is 15.8. The quantitative estimate of drug-likeness (QED) is 0.583. The second-order valence-corrected chi connectivity index (χ2v) is 7.46. The number of benzene rings is 2. The van der Waals surface area contributed by atoms with Crippen LogP contribution >= 0.6 is 0 Å². The topological polar surface area (TPSA) is 89.3 Å². The minimum atomic E-state index is -0.410. The maximum atomic E-state index is 11.4. The molecule has 146 valence electrons. The molecule has 1 amide bonds. The zero-order chi connectivity index (χ0) is 20.1. The molecule has 1 heterocycles. The zero-order valence-electron chi connectivity index (χ0n) is 16.5. The fraction of sp³-hybridized carbons (Fsp3) is 0.273. The van der Waals surface area contributed by atoms with Crippen molar-refractivity contribution in [1.82, 2.24) is 10.3 Å². The average Bonchev–Trinajstić information content (AvgIpc) is 2.65. The van der Waals surface area contributed by atoms with Crippen molar-refractivity contribution in [2.75, 3.05) is 17.6 Å². The molecule has 0 aliphatic carbocycles. The molecule has 3 rings (SSSR count). The van der Waals surface area contributed by atoms with Crippen LogP contribution in [0.2, 0.25) is 0 Å². The molecule has 3 aromatic rings. The molecular formula is C22H26N4O2. The van der Waals surface area contributed by atoms with E-state index in [1.165, 1.54) is 6.92 Å². The number of ether oxygens (including phenoxy) is 1. The Morgan fingerprint density at radius 1 is 1.18 bits per heavy atom. The fourth-order valence-electron chi connectivity index (χ4n) is 3.05. The number of fused-ring (bicyclic) bond motifs is 1. The van der Waals surface area contributed by atoms with Crippen LogP contribution in [0.4, 0.5) is 11.4 Å². The standard InChI is InChI=1S/C22H26N4O2/c1-15(27)26-22(2,3)14-25-21-18-10-9-17(11-20(18)24-12-19(21)23)28-13-16-7-5-4-6-8-16/h4-12H,13-14,23H2,1-3H3,(H,24,25)(H,26,27). The van der Waals surface area contributed by atoms with Crippen LogP contribution in [0.5, 0.6) is 5.75 Å². The zero-order valence-corrected chi connectivity index (χ0v) is 16.5. The van der Waals surface area contributed by atoms with E-state index in [0.29, 0.717) is 18.8 Å². The van der Waals surface area contributed by atoms with Gasteiger partial charge in [-0.3, -0.25) is 9.78 Å². The first-order valence-corrected chi connectivity index (χ1v) is 9.22. The maximum absolute atomic E-state index is 11.4. The van der Waals surface area contributed by atoms with Gasteiger partial charge in [-0.05, 0) is 31.5 Å². The Bertz CT molecular complexity index is 971. The molecule has 2 aromatic carbocycles. The first-order valence-electron chi connectivity index (χ1n) is 9.22. The van der Waals surface area contributed by atoms with Crippen LogP contribution in [0.1, 0.15) is 26.3 Å². The molecule has 6 heteroatoms. The van der Waals surface area contributed by atoms with Crippen molar-refractivity contribution < 1.29 is 9.53 Å². The summed E-state index contributed by atoms with van der Waals surface area (Å²) in [5.41, 5.74) is 9.00. The van der Waals surface area contributed by atoms with Crippen molar-refractivity contribution in [2.45, 2.75) is 32.9 Å². The van der Waals surface area contributed by atoms with Crippen LogP contribution in [0.15, 0.2) is 54.7 Å². The van der Waals surface area contributed by atoms with E-state index in [0.717, 1.165) is 27.9 Å². The highest BCUT2D eigenvalue weighted by Crippen LogP contribution is 2.30. The Hall–Kier alpha value is -3.28. The van der Waals surface area contributed by atoms with Crippen LogP contribution in [-0.2, 0) is 11.4 Å². The highest BCUT2D eigenvalue weighted by atomic mass is 16.5. The van der Waals surface area contributed by atoms with Crippen LogP contribution < -0.4 is 21.1 Å². The summed E-state index contributed by atoms with van der Waals surface area (Å²) < 4.78 is 5.89. The number of carbonyl (C=O) groups is 1. The van der Waals surface area contributed by atoms with E-state index < -0.39 is 5.54 Å². The van der Waals surface area contributed by atoms with Gasteiger partial charge in [0, 0.05) is 24.9 Å². The number of nitrogens with zero attached hydrogens (tertiary/aromatic N) is 1. The summed E-state index contributed by atoms with van der Waals surface area (Å²) in [6.45, 7) is 6.45. The number of nitrogens with two attached hydrogens (primary N) is 1. The van der Waals surface area contributed by atoms with E-state index in [2.05, 4.69) is 15.6 Å². The van der Waals surface area contributed by atoms with Crippen molar-refractivity contribution in [3.63, 3.8) is 0 Å². The number of aromatic nitrogens is 1. The lowest BCUT2D eigenvalue weighted by atomic mass is 10.0. The Kier molecular flexibility index (Phi) is 5.68. The average molecular weight is 378 g/mol. The van der Waals surface area contributed by atoms with Crippen LogP contribution in [0.3, 0.4) is 0 Å². The van der Waals surface area contributed by atoms with Gasteiger partial charge in [0.1, 0.15) is 12.4 Å². The van der Waals surface area contributed by atoms with Crippen molar-refractivity contribution in [3.05, 3.63) is 60.3 Å². The highest BCUT2D eigenvalue weighted by Gasteiger charge is 2.19. The van der Waals surface area contributed by atoms with Gasteiger partial charge < -0.3 is 21.1 Å². The Morgan fingerprint density at radius 2 is 1.93 bits per heavy atom. The molecule has 0 unspecified atom stereocenters. The number of hydrogen-bond donors (Lipinski definition) is 3. The number of rotatable bonds is 7. The van der Waals surface area contributed by atoms with Gasteiger partial charge in [-0.25, -0.2) is 0 Å². The van der Waals surface area contributed by atoms with Gasteiger partial charge >= 0.3 is 0 Å². The SMILES string of the molecule is CC(=O)NC(C)(C)CNc1c(N)cnc2cc(OCc3ccccc3)ccc12. The van der Waals surface area contributed by atoms with Crippen molar-refractivity contribution >= 4 is 28.2 Å². The minimum absolute atomic E-state index is 0.0698. The van der Waals surface area contributed by atoms with Gasteiger partial charge in [-0.1, -0.05) is 30.3 Å². The predicted molar refractivity (Wildman–Crippen MR) is 113 cm³/mol. The molecule has 0 aliphatic heterocycles. The van der Waals surface area contributed by atoms with Crippen molar-refractivity contribution in [2.24, 2.45) is 0 Å². The van der Waals surface area contributed by atoms with E-state index >= 15 is 0 Å². The smallest absolute Gasteiger partial charge is 0.217 e. The number of nitrogens with one attached hydrogen (secondary N) is 2. The molecule has 0 saturated carbocycles. The maximum Gasteiger partial charge on any atom is 0.217 e. The Balaban J connectivity index is 1.78. The normalized spacial score (nSPS) is 11.2. The molecule has 0 radical (unpaired) electrons. The molecule has 28 heavy (non-hydrogen) atoms. The van der Waals surface area contributed by atoms with Gasteiger partial charge in [0.05, 0.1) is 28.6 Å². The van der Waals surface area contributed by atoms with E-state index in [-0.39, 0.29) is 5.91 Å². The Labute approximate surface area is 165 Å². The van der Waals surface area contributed by atoms with E-state index in [1.807, 2.05) is 62.4 Å².